The molecule has 8 aliphatic heterocycles. The Hall–Kier alpha value is -5.32. The quantitative estimate of drug-likeness (QED) is 0.0262. The van der Waals surface area contributed by atoms with Crippen LogP contribution in [0.2, 0.25) is 0 Å². The average molecular weight is 1780 g/mol. The molecular weight excluding hydrogens is 1670 g/mol. The third-order valence-corrected chi connectivity index (χ3v) is 21.2. The molecule has 0 aromatic heterocycles. The number of hydrogen-bond donors (Lipinski definition) is 30. The highest BCUT2D eigenvalue weighted by Gasteiger charge is 2.64. The molecule has 8 saturated heterocycles. The first-order valence-corrected chi connectivity index (χ1v) is 38.4. The summed E-state index contributed by atoms with van der Waals surface area (Å²) in [7, 11) is -5.48. The Balaban J connectivity index is 1.01. The smallest absolute Gasteiger partial charge is 0.397 e. The van der Waals surface area contributed by atoms with E-state index < -0.39 is 374 Å². The number of aliphatic carboxylic acids is 2. The van der Waals surface area contributed by atoms with Crippen molar-refractivity contribution in [2.24, 2.45) is 0 Å². The van der Waals surface area contributed by atoms with Gasteiger partial charge in [0.2, 0.25) is 29.5 Å². The molecule has 8 heterocycles. The zero-order chi connectivity index (χ0) is 89.6. The summed E-state index contributed by atoms with van der Waals surface area (Å²) in [6.45, 7) is -5.29. The highest BCUT2D eigenvalue weighted by Crippen LogP contribution is 2.43. The fraction of sp³-hybridized carbons (Fsp3) is 0.891. The van der Waals surface area contributed by atoms with Crippen molar-refractivity contribution in [3.8, 4) is 0 Å². The van der Waals surface area contributed by atoms with E-state index in [1.807, 2.05) is 0 Å². The molecule has 0 radical (unpaired) electrons. The lowest BCUT2D eigenvalue weighted by atomic mass is 9.88. The maximum atomic E-state index is 13.3. The fourth-order valence-corrected chi connectivity index (χ4v) is 15.3. The lowest BCUT2D eigenvalue weighted by molar-refractivity contribution is -0.389. The first kappa shape index (κ1) is 100. The number of hydrogen-bond acceptors (Lipinski definition) is 47. The van der Waals surface area contributed by atoms with Gasteiger partial charge in [0.05, 0.1) is 77.1 Å². The van der Waals surface area contributed by atoms with Crippen LogP contribution in [0, 0.1) is 0 Å². The van der Waals surface area contributed by atoms with E-state index in [9.17, 15) is 169 Å². The van der Waals surface area contributed by atoms with Gasteiger partial charge in [0, 0.05) is 47.5 Å². The Morgan fingerprint density at radius 3 is 1.08 bits per heavy atom. The number of ether oxygens (including phenoxy) is 15. The Bertz CT molecular complexity index is 3520. The van der Waals surface area contributed by atoms with Gasteiger partial charge in [-0.15, -0.1) is 0 Å². The SMILES string of the molecule is CC(=O)N[C@H]1[C@H](OC[C@H]2OC(O)[C@H](NC(C)=O)[C@@H](O[C@@H]3O[C@H](CO)[C@H](O)[C@H](O[C@@H]4O[C@H](CO)[C@@H](O[C@@H]5O[C@H](COS(=O)(=O)O)[C@H](O)[C@H](O[C@]6(C(=O)O)C[C@H](O)[C@@H](NC(C)=O)[C@H]([C@H](O)[C@H](O)CO)O6)[C@H]5O)[C@H](O)[C@H]4NC(C)=O)[C@H]3O)[C@H]2O)O[C@H](CO)[C@@H](O[C@@H]2O[C@H](CO)[C@H](O)[C@H](O[C@]3(C(=O)O)C[C@H](O)[C@@H](NC(C)=O)[C@H]([C@H](O)[C@H](O)CO)O3)[C@H]2O)[C@@H]1O. The van der Waals surface area contributed by atoms with Crippen LogP contribution < -0.4 is 26.6 Å². The molecule has 0 aromatic carbocycles. The molecule has 0 spiro atoms. The average Bonchev–Trinajstić information content (AvgIpc) is 0.760. The van der Waals surface area contributed by atoms with Crippen molar-refractivity contribution in [1.29, 1.82) is 0 Å². The number of nitrogens with one attached hydrogen (secondary N) is 5. The summed E-state index contributed by atoms with van der Waals surface area (Å²) in [6, 6.07) is -9.46. The minimum Gasteiger partial charge on any atom is -0.477 e. The standard InChI is InChI=1S/C64H105N5O50S/c1-16(76)65-31-21(81)6-63(61(97)98,116-50(31)36(85)23(83)8-70)118-53-39(88)26(11-73)108-59(45(53)94)112-47-27(12-74)109-56(33(42(47)91)67-18(3)78)104-14-29-40(89)49(35(55(96)106-29)69-20(5)80)114-58-44(93)52(38(87)25(10-72)107-58)115-57-34(68-19(4)79)43(92)48(28(13-75)110-57)113-60-46(95)54(41(90)30(111-60)15-105-120(101,102)103)119-64(62(99)100)7-22(82)32(66-17(2)77)51(117-64)37(86)24(84)9-71/h21-60,70-75,81-96H,6-15H2,1-5H3,(H,65,76)(H,66,77)(H,67,78)(H,68,79)(H,69,80)(H,97,98)(H,99,100)(H,101,102,103)/t21-,22-,23+,24+,25+,26+,27+,28+,29+,30+,31+,32+,33+,34+,35+,36+,37+,38-,39-,40-,41-,42+,43+,44+,45+,46+,47+,48+,49+,50+,51+,52-,53-,54-,55?,56+,57-,58-,59-,60-,63-,64-/m0/s1. The summed E-state index contributed by atoms with van der Waals surface area (Å²) < 4.78 is 124. The van der Waals surface area contributed by atoms with E-state index in [0.717, 1.165) is 34.6 Å². The van der Waals surface area contributed by atoms with Crippen LogP contribution in [0.3, 0.4) is 0 Å². The highest BCUT2D eigenvalue weighted by molar-refractivity contribution is 7.80. The van der Waals surface area contributed by atoms with Crippen molar-refractivity contribution < 1.29 is 244 Å². The van der Waals surface area contributed by atoms with E-state index in [4.69, 9.17) is 71.1 Å². The molecule has 0 aromatic rings. The van der Waals surface area contributed by atoms with Gasteiger partial charge >= 0.3 is 22.3 Å². The van der Waals surface area contributed by atoms with Gasteiger partial charge in [-0.3, -0.25) is 28.5 Å². The molecule has 1 unspecified atom stereocenters. The minimum absolute atomic E-state index is 0.854. The minimum atomic E-state index is -5.48. The van der Waals surface area contributed by atoms with Gasteiger partial charge in [0.15, 0.2) is 37.7 Å². The molecule has 56 heteroatoms. The molecule has 8 aliphatic rings. The van der Waals surface area contributed by atoms with E-state index >= 15 is 0 Å². The monoisotopic (exact) mass is 1780 g/mol. The fourth-order valence-electron chi connectivity index (χ4n) is 14.9. The molecule has 30 N–H and O–H groups in total. The van der Waals surface area contributed by atoms with Gasteiger partial charge in [-0.05, 0) is 0 Å². The molecule has 8 fully saturated rings. The summed E-state index contributed by atoms with van der Waals surface area (Å²) in [5.41, 5.74) is 0. The second kappa shape index (κ2) is 42.3. The summed E-state index contributed by atoms with van der Waals surface area (Å²) in [5, 5.41) is 278. The molecule has 0 bridgehead atoms. The molecular formula is C64H105N5O50S. The van der Waals surface area contributed by atoms with Crippen molar-refractivity contribution in [3.05, 3.63) is 0 Å². The maximum Gasteiger partial charge on any atom is 0.397 e. The number of carbonyl (C=O) groups excluding carboxylic acids is 5. The molecule has 55 nitrogen and oxygen atoms in total. The van der Waals surface area contributed by atoms with Crippen LogP contribution in [-0.2, 0) is 119 Å². The molecule has 42 atom stereocenters. The van der Waals surface area contributed by atoms with Crippen LogP contribution in [-0.4, -0.2) is 486 Å². The van der Waals surface area contributed by atoms with Crippen LogP contribution in [0.15, 0.2) is 0 Å². The number of aliphatic hydroxyl groups is 22. The van der Waals surface area contributed by atoms with Crippen LogP contribution >= 0.6 is 0 Å². The van der Waals surface area contributed by atoms with E-state index in [2.05, 4.69) is 30.8 Å². The Kier molecular flexibility index (Phi) is 35.3. The van der Waals surface area contributed by atoms with Crippen molar-refractivity contribution in [2.45, 2.75) is 304 Å². The molecule has 0 aliphatic carbocycles. The van der Waals surface area contributed by atoms with Gasteiger partial charge in [-0.2, -0.15) is 8.42 Å². The Morgan fingerprint density at radius 1 is 0.383 bits per heavy atom. The maximum absolute atomic E-state index is 13.3. The normalized spacial score (nSPS) is 43.7. The molecule has 8 rings (SSSR count). The molecule has 120 heavy (non-hydrogen) atoms. The summed E-state index contributed by atoms with van der Waals surface area (Å²) in [6.07, 6.45) is -81.2. The second-order valence-corrected chi connectivity index (χ2v) is 30.6. The largest absolute Gasteiger partial charge is 0.477 e. The lowest BCUT2D eigenvalue weighted by Gasteiger charge is -2.51. The number of carboxylic acids is 2. The predicted octanol–water partition coefficient (Wildman–Crippen LogP) is -19.5. The van der Waals surface area contributed by atoms with E-state index in [-0.39, 0.29) is 0 Å². The molecule has 0 saturated carbocycles. The predicted molar refractivity (Wildman–Crippen MR) is 367 cm³/mol. The van der Waals surface area contributed by atoms with Crippen LogP contribution in [0.25, 0.3) is 0 Å². The van der Waals surface area contributed by atoms with Crippen LogP contribution in [0.5, 0.6) is 0 Å². The van der Waals surface area contributed by atoms with E-state index in [1.54, 1.807) is 0 Å². The zero-order valence-corrected chi connectivity index (χ0v) is 64.8. The number of aliphatic hydroxyl groups excluding tert-OH is 22. The Morgan fingerprint density at radius 2 is 0.700 bits per heavy atom. The third kappa shape index (κ3) is 22.9. The van der Waals surface area contributed by atoms with Gasteiger partial charge in [0.25, 0.3) is 11.6 Å². The second-order valence-electron chi connectivity index (χ2n) is 29.5. The van der Waals surface area contributed by atoms with Crippen molar-refractivity contribution in [2.75, 3.05) is 52.9 Å². The van der Waals surface area contributed by atoms with Crippen molar-refractivity contribution in [1.82, 2.24) is 26.6 Å². The summed E-state index contributed by atoms with van der Waals surface area (Å²) >= 11 is 0. The Labute approximate surface area is 677 Å². The van der Waals surface area contributed by atoms with E-state index in [1.165, 1.54) is 0 Å². The third-order valence-electron chi connectivity index (χ3n) is 20.8. The summed E-state index contributed by atoms with van der Waals surface area (Å²) in [5.74, 6) is -15.8. The van der Waals surface area contributed by atoms with Crippen molar-refractivity contribution in [3.63, 3.8) is 0 Å². The number of carbonyl (C=O) groups is 7. The van der Waals surface area contributed by atoms with Crippen LogP contribution in [0.1, 0.15) is 47.5 Å². The lowest BCUT2D eigenvalue weighted by Crippen LogP contribution is -2.71. The zero-order valence-electron chi connectivity index (χ0n) is 64.0. The molecule has 5 amide bonds. The van der Waals surface area contributed by atoms with Gasteiger partial charge in [-0.25, -0.2) is 13.8 Å². The van der Waals surface area contributed by atoms with Crippen LogP contribution in [0.4, 0.5) is 0 Å². The van der Waals surface area contributed by atoms with Gasteiger partial charge in [-0.1, -0.05) is 0 Å². The topological polar surface area (TPSA) is 867 Å². The van der Waals surface area contributed by atoms with Gasteiger partial charge < -0.3 is 220 Å². The van der Waals surface area contributed by atoms with Gasteiger partial charge in [0.1, 0.15) is 183 Å². The number of amides is 5. The van der Waals surface area contributed by atoms with E-state index in [0.29, 0.717) is 0 Å². The highest BCUT2D eigenvalue weighted by atomic mass is 32.3. The first-order valence-electron chi connectivity index (χ1n) is 37.0. The van der Waals surface area contributed by atoms with Crippen molar-refractivity contribution >= 4 is 51.9 Å². The number of carboxylic acid groups (broad SMARTS) is 2. The summed E-state index contributed by atoms with van der Waals surface area (Å²) in [4.78, 5) is 89.4. The molecule has 692 valence electrons. The number of rotatable bonds is 35. The first-order chi connectivity index (χ1) is 56.2.